The fourth-order valence-electron chi connectivity index (χ4n) is 3.10. The first kappa shape index (κ1) is 17.8. The monoisotopic (exact) mass is 472 g/mol. The molecule has 0 spiro atoms. The van der Waals surface area contributed by atoms with E-state index in [1.807, 2.05) is 18.2 Å². The first-order valence-electron chi connectivity index (χ1n) is 7.44. The molecule has 0 bridgehead atoms. The van der Waals surface area contributed by atoms with E-state index < -0.39 is 15.7 Å². The normalized spacial score (nSPS) is 15.2. The maximum atomic E-state index is 14.2. The van der Waals surface area contributed by atoms with Crippen LogP contribution in [0.5, 0.6) is 0 Å². The van der Waals surface area contributed by atoms with Crippen LogP contribution in [0.1, 0.15) is 30.4 Å². The molecule has 6 heteroatoms. The Morgan fingerprint density at radius 1 is 0.917 bits per heavy atom. The summed E-state index contributed by atoms with van der Waals surface area (Å²) in [4.78, 5) is -0.253. The van der Waals surface area contributed by atoms with Gasteiger partial charge in [-0.3, -0.25) is 0 Å². The highest BCUT2D eigenvalue weighted by Crippen LogP contribution is 2.41. The number of benzene rings is 2. The molecule has 0 heterocycles. The summed E-state index contributed by atoms with van der Waals surface area (Å²) in [5.74, 6) is -0.691. The Balaban J connectivity index is 2.11. The molecule has 0 amide bonds. The molecule has 2 aromatic carbocycles. The summed E-state index contributed by atoms with van der Waals surface area (Å²) in [5.41, 5.74) is 4.11. The molecular formula is C18H15Br2FO2S. The van der Waals surface area contributed by atoms with E-state index in [2.05, 4.69) is 31.9 Å². The van der Waals surface area contributed by atoms with Gasteiger partial charge in [0.1, 0.15) is 10.7 Å². The highest BCUT2D eigenvalue weighted by Gasteiger charge is 2.21. The molecular weight excluding hydrogens is 459 g/mol. The fraction of sp³-hybridized carbons (Fsp3) is 0.222. The molecule has 2 aromatic rings. The second kappa shape index (κ2) is 6.73. The van der Waals surface area contributed by atoms with Crippen LogP contribution in [0.25, 0.3) is 11.1 Å². The van der Waals surface area contributed by atoms with E-state index in [-0.39, 0.29) is 4.90 Å². The van der Waals surface area contributed by atoms with Crippen molar-refractivity contribution in [3.8, 4) is 0 Å². The van der Waals surface area contributed by atoms with E-state index in [1.54, 1.807) is 6.07 Å². The standard InChI is InChI=1S/C18H15Br2FO2S/c1-24(22,23)18-6-5-11(9-17(18)21)15-3-2-4-16(15)12-7-13(19)10-14(20)8-12/h5-10H,2-4H2,1H3. The van der Waals surface area contributed by atoms with Gasteiger partial charge in [0, 0.05) is 15.2 Å². The van der Waals surface area contributed by atoms with Crippen molar-refractivity contribution in [3.63, 3.8) is 0 Å². The first-order chi connectivity index (χ1) is 11.3. The summed E-state index contributed by atoms with van der Waals surface area (Å²) >= 11 is 7.00. The van der Waals surface area contributed by atoms with Crippen LogP contribution >= 0.6 is 31.9 Å². The van der Waals surface area contributed by atoms with Gasteiger partial charge in [-0.15, -0.1) is 0 Å². The SMILES string of the molecule is CS(=O)(=O)c1ccc(C2=C(c3cc(Br)cc(Br)c3)CCC2)cc1F. The highest BCUT2D eigenvalue weighted by molar-refractivity contribution is 9.11. The predicted octanol–water partition coefficient (Wildman–Crippen LogP) is 5.85. The Hall–Kier alpha value is -0.980. The van der Waals surface area contributed by atoms with Gasteiger partial charge in [-0.25, -0.2) is 12.8 Å². The number of halogens is 3. The molecule has 0 N–H and O–H groups in total. The molecule has 0 aromatic heterocycles. The van der Waals surface area contributed by atoms with Gasteiger partial charge in [0.05, 0.1) is 0 Å². The molecule has 0 unspecified atom stereocenters. The van der Waals surface area contributed by atoms with Crippen LogP contribution in [0.4, 0.5) is 4.39 Å². The van der Waals surface area contributed by atoms with E-state index in [1.165, 1.54) is 17.7 Å². The number of rotatable bonds is 3. The van der Waals surface area contributed by atoms with Gasteiger partial charge in [-0.05, 0) is 71.9 Å². The van der Waals surface area contributed by atoms with Crippen molar-refractivity contribution in [3.05, 3.63) is 62.3 Å². The van der Waals surface area contributed by atoms with Crippen molar-refractivity contribution in [2.24, 2.45) is 0 Å². The van der Waals surface area contributed by atoms with Crippen molar-refractivity contribution in [2.45, 2.75) is 24.2 Å². The summed E-state index contributed by atoms with van der Waals surface area (Å²) in [5, 5.41) is 0. The highest BCUT2D eigenvalue weighted by atomic mass is 79.9. The quantitative estimate of drug-likeness (QED) is 0.560. The van der Waals surface area contributed by atoms with Gasteiger partial charge < -0.3 is 0 Å². The van der Waals surface area contributed by atoms with E-state index in [9.17, 15) is 12.8 Å². The van der Waals surface area contributed by atoms with E-state index in [4.69, 9.17) is 0 Å². The number of hydrogen-bond donors (Lipinski definition) is 0. The fourth-order valence-corrected chi connectivity index (χ4v) is 5.12. The molecule has 0 saturated carbocycles. The molecule has 0 fully saturated rings. The Morgan fingerprint density at radius 2 is 1.50 bits per heavy atom. The maximum Gasteiger partial charge on any atom is 0.178 e. The van der Waals surface area contributed by atoms with Gasteiger partial charge >= 0.3 is 0 Å². The molecule has 0 saturated heterocycles. The van der Waals surface area contributed by atoms with E-state index in [0.717, 1.165) is 51.2 Å². The topological polar surface area (TPSA) is 34.1 Å². The lowest BCUT2D eigenvalue weighted by Gasteiger charge is -2.11. The molecule has 2 nitrogen and oxygen atoms in total. The molecule has 1 aliphatic carbocycles. The van der Waals surface area contributed by atoms with Gasteiger partial charge in [0.25, 0.3) is 0 Å². The molecule has 126 valence electrons. The minimum Gasteiger partial charge on any atom is -0.224 e. The van der Waals surface area contributed by atoms with Gasteiger partial charge in [0.2, 0.25) is 0 Å². The minimum absolute atomic E-state index is 0.253. The van der Waals surface area contributed by atoms with E-state index >= 15 is 0 Å². The minimum atomic E-state index is -3.55. The van der Waals surface area contributed by atoms with Crippen LogP contribution in [0, 0.1) is 5.82 Å². The number of allylic oxidation sites excluding steroid dienone is 2. The molecule has 0 aliphatic heterocycles. The molecule has 3 rings (SSSR count). The van der Waals surface area contributed by atoms with Crippen LogP contribution in [0.15, 0.2) is 50.2 Å². The largest absolute Gasteiger partial charge is 0.224 e. The lowest BCUT2D eigenvalue weighted by Crippen LogP contribution is -2.01. The van der Waals surface area contributed by atoms with Crippen molar-refractivity contribution in [1.82, 2.24) is 0 Å². The van der Waals surface area contributed by atoms with Crippen molar-refractivity contribution in [2.75, 3.05) is 6.26 Å². The second-order valence-electron chi connectivity index (χ2n) is 5.89. The zero-order chi connectivity index (χ0) is 17.5. The van der Waals surface area contributed by atoms with Crippen molar-refractivity contribution in [1.29, 1.82) is 0 Å². The summed E-state index contributed by atoms with van der Waals surface area (Å²) in [6.45, 7) is 0. The van der Waals surface area contributed by atoms with Crippen LogP contribution < -0.4 is 0 Å². The Morgan fingerprint density at radius 3 is 2.04 bits per heavy atom. The van der Waals surface area contributed by atoms with Gasteiger partial charge in [-0.2, -0.15) is 0 Å². The molecule has 0 radical (unpaired) electrons. The number of sulfone groups is 1. The van der Waals surface area contributed by atoms with E-state index in [0.29, 0.717) is 0 Å². The van der Waals surface area contributed by atoms with Crippen LogP contribution in [0.3, 0.4) is 0 Å². The van der Waals surface area contributed by atoms with Crippen LogP contribution in [0.2, 0.25) is 0 Å². The zero-order valence-electron chi connectivity index (χ0n) is 12.9. The van der Waals surface area contributed by atoms with Gasteiger partial charge in [0.15, 0.2) is 9.84 Å². The maximum absolute atomic E-state index is 14.2. The van der Waals surface area contributed by atoms with Crippen LogP contribution in [-0.4, -0.2) is 14.7 Å². The Kier molecular flexibility index (Phi) is 5.00. The summed E-state index contributed by atoms with van der Waals surface area (Å²) in [7, 11) is -3.55. The first-order valence-corrected chi connectivity index (χ1v) is 10.9. The van der Waals surface area contributed by atoms with Crippen molar-refractivity contribution >= 4 is 52.8 Å². The van der Waals surface area contributed by atoms with Crippen LogP contribution in [-0.2, 0) is 9.84 Å². The third-order valence-electron chi connectivity index (χ3n) is 4.11. The summed E-state index contributed by atoms with van der Waals surface area (Å²) in [6.07, 6.45) is 3.80. The lowest BCUT2D eigenvalue weighted by atomic mass is 9.97. The number of hydrogen-bond acceptors (Lipinski definition) is 2. The third-order valence-corrected chi connectivity index (χ3v) is 6.15. The zero-order valence-corrected chi connectivity index (χ0v) is 16.9. The average Bonchev–Trinajstić information content (AvgIpc) is 2.94. The molecule has 24 heavy (non-hydrogen) atoms. The predicted molar refractivity (Wildman–Crippen MR) is 102 cm³/mol. The summed E-state index contributed by atoms with van der Waals surface area (Å²) in [6, 6.07) is 10.5. The van der Waals surface area contributed by atoms with Gasteiger partial charge in [-0.1, -0.05) is 37.9 Å². The third kappa shape index (κ3) is 3.65. The lowest BCUT2D eigenvalue weighted by molar-refractivity contribution is 0.570. The smallest absolute Gasteiger partial charge is 0.178 e. The summed E-state index contributed by atoms with van der Waals surface area (Å²) < 4.78 is 39.4. The molecule has 0 atom stereocenters. The second-order valence-corrected chi connectivity index (χ2v) is 9.70. The molecule has 1 aliphatic rings. The Labute approximate surface area is 158 Å². The van der Waals surface area contributed by atoms with Crippen molar-refractivity contribution < 1.29 is 12.8 Å². The average molecular weight is 474 g/mol. The Bertz CT molecular complexity index is 929.